The molecule has 0 saturated heterocycles. The van der Waals surface area contributed by atoms with Crippen LogP contribution in [0, 0.1) is 0 Å². The van der Waals surface area contributed by atoms with E-state index in [1.807, 2.05) is 0 Å². The third kappa shape index (κ3) is 4.27. The van der Waals surface area contributed by atoms with Crippen LogP contribution in [0.5, 0.6) is 5.75 Å². The number of rotatable bonds is 5. The molecule has 24 heavy (non-hydrogen) atoms. The lowest BCUT2D eigenvalue weighted by Crippen LogP contribution is -2.43. The lowest BCUT2D eigenvalue weighted by atomic mass is 10.0. The van der Waals surface area contributed by atoms with Gasteiger partial charge in [0, 0.05) is 5.69 Å². The fourth-order valence-electron chi connectivity index (χ4n) is 1.94. The highest BCUT2D eigenvalue weighted by Gasteiger charge is 2.28. The average molecular weight is 353 g/mol. The molecule has 0 fully saturated rings. The molecule has 1 aromatic heterocycles. The molecule has 1 atom stereocenters. The van der Waals surface area contributed by atoms with Crippen LogP contribution in [0.4, 0.5) is 5.69 Å². The smallest absolute Gasteiger partial charge is 0.313 e. The van der Waals surface area contributed by atoms with E-state index in [0.29, 0.717) is 16.5 Å². The Hall–Kier alpha value is -2.51. The summed E-state index contributed by atoms with van der Waals surface area (Å²) in [5.74, 6) is -1.04. The predicted octanol–water partition coefficient (Wildman–Crippen LogP) is 1.90. The zero-order valence-corrected chi connectivity index (χ0v) is 13.9. The summed E-state index contributed by atoms with van der Waals surface area (Å²) in [5.41, 5.74) is -1.08. The van der Waals surface area contributed by atoms with Crippen molar-refractivity contribution in [3.63, 3.8) is 0 Å². The van der Waals surface area contributed by atoms with Gasteiger partial charge in [-0.05, 0) is 37.3 Å². The Morgan fingerprint density at radius 3 is 2.67 bits per heavy atom. The minimum absolute atomic E-state index is 0.184. The largest absolute Gasteiger partial charge is 0.495 e. The zero-order valence-electron chi connectivity index (χ0n) is 13.1. The van der Waals surface area contributed by atoms with Crippen molar-refractivity contribution < 1.29 is 23.8 Å². The highest BCUT2D eigenvalue weighted by atomic mass is 35.5. The van der Waals surface area contributed by atoms with E-state index in [1.165, 1.54) is 26.4 Å². The Labute approximate surface area is 143 Å². The van der Waals surface area contributed by atoms with Gasteiger partial charge in [0.05, 0.1) is 24.9 Å². The molecule has 8 heteroatoms. The molecule has 3 N–H and O–H groups in total. The van der Waals surface area contributed by atoms with Crippen LogP contribution in [0.25, 0.3) is 0 Å². The SMILES string of the molecule is COc1ccc(NC(=O)C(=O)NC[C@@](C)(O)c2ccco2)cc1Cl. The lowest BCUT2D eigenvalue weighted by molar-refractivity contribution is -0.136. The molecule has 2 amide bonds. The van der Waals surface area contributed by atoms with E-state index in [2.05, 4.69) is 10.6 Å². The summed E-state index contributed by atoms with van der Waals surface area (Å²) in [6, 6.07) is 7.77. The van der Waals surface area contributed by atoms with Crippen LogP contribution in [0.1, 0.15) is 12.7 Å². The normalized spacial score (nSPS) is 13.0. The maximum atomic E-state index is 11.9. The molecule has 0 radical (unpaired) electrons. The molecule has 0 unspecified atom stereocenters. The predicted molar refractivity (Wildman–Crippen MR) is 87.9 cm³/mol. The van der Waals surface area contributed by atoms with Crippen LogP contribution in [-0.2, 0) is 15.2 Å². The summed E-state index contributed by atoms with van der Waals surface area (Å²) in [4.78, 5) is 23.7. The first-order valence-corrected chi connectivity index (χ1v) is 7.40. The average Bonchev–Trinajstić information content (AvgIpc) is 3.08. The number of ether oxygens (including phenoxy) is 1. The quantitative estimate of drug-likeness (QED) is 0.713. The number of nitrogens with one attached hydrogen (secondary N) is 2. The summed E-state index contributed by atoms with van der Waals surface area (Å²) >= 11 is 5.95. The molecule has 0 aliphatic heterocycles. The molecular formula is C16H17ClN2O5. The molecule has 2 aromatic rings. The number of furan rings is 1. The van der Waals surface area contributed by atoms with Crippen molar-refractivity contribution in [2.45, 2.75) is 12.5 Å². The van der Waals surface area contributed by atoms with Gasteiger partial charge in [0.2, 0.25) is 0 Å². The summed E-state index contributed by atoms with van der Waals surface area (Å²) < 4.78 is 10.1. The van der Waals surface area contributed by atoms with Gasteiger partial charge in [-0.1, -0.05) is 11.6 Å². The number of methoxy groups -OCH3 is 1. The monoisotopic (exact) mass is 352 g/mol. The minimum atomic E-state index is -1.43. The van der Waals surface area contributed by atoms with Gasteiger partial charge in [-0.3, -0.25) is 9.59 Å². The van der Waals surface area contributed by atoms with Crippen molar-refractivity contribution in [3.05, 3.63) is 47.4 Å². The van der Waals surface area contributed by atoms with Gasteiger partial charge in [0.25, 0.3) is 0 Å². The second-order valence-corrected chi connectivity index (χ2v) is 5.64. The fourth-order valence-corrected chi connectivity index (χ4v) is 2.19. The molecule has 2 rings (SSSR count). The van der Waals surface area contributed by atoms with E-state index >= 15 is 0 Å². The van der Waals surface area contributed by atoms with Crippen molar-refractivity contribution >= 4 is 29.1 Å². The van der Waals surface area contributed by atoms with E-state index in [1.54, 1.807) is 24.3 Å². The van der Waals surface area contributed by atoms with E-state index in [4.69, 9.17) is 20.8 Å². The molecule has 7 nitrogen and oxygen atoms in total. The first-order valence-electron chi connectivity index (χ1n) is 7.02. The highest BCUT2D eigenvalue weighted by Crippen LogP contribution is 2.27. The molecule has 0 bridgehead atoms. The summed E-state index contributed by atoms with van der Waals surface area (Å²) in [6.07, 6.45) is 1.41. The molecule has 0 saturated carbocycles. The lowest BCUT2D eigenvalue weighted by Gasteiger charge is -2.20. The number of amides is 2. The van der Waals surface area contributed by atoms with Gasteiger partial charge in [0.15, 0.2) is 0 Å². The third-order valence-corrected chi connectivity index (χ3v) is 3.56. The van der Waals surface area contributed by atoms with Crippen LogP contribution in [0.15, 0.2) is 41.0 Å². The van der Waals surface area contributed by atoms with Crippen molar-refractivity contribution in [2.24, 2.45) is 0 Å². The Kier molecular flexibility index (Phi) is 5.48. The van der Waals surface area contributed by atoms with E-state index in [0.717, 1.165) is 0 Å². The second kappa shape index (κ2) is 7.37. The van der Waals surface area contributed by atoms with Crippen LogP contribution in [0.2, 0.25) is 5.02 Å². The Balaban J connectivity index is 1.93. The molecule has 128 valence electrons. The van der Waals surface area contributed by atoms with Gasteiger partial charge >= 0.3 is 11.8 Å². The molecule has 1 heterocycles. The number of hydrogen-bond acceptors (Lipinski definition) is 5. The first kappa shape index (κ1) is 17.8. The molecule has 1 aromatic carbocycles. The van der Waals surface area contributed by atoms with Gasteiger partial charge in [-0.25, -0.2) is 0 Å². The summed E-state index contributed by atoms with van der Waals surface area (Å²) in [7, 11) is 1.47. The van der Waals surface area contributed by atoms with Crippen molar-refractivity contribution in [2.75, 3.05) is 19.0 Å². The first-order chi connectivity index (χ1) is 11.3. The van der Waals surface area contributed by atoms with Crippen LogP contribution >= 0.6 is 11.6 Å². The molecular weight excluding hydrogens is 336 g/mol. The number of anilines is 1. The van der Waals surface area contributed by atoms with Gasteiger partial charge < -0.3 is 24.9 Å². The topological polar surface area (TPSA) is 101 Å². The minimum Gasteiger partial charge on any atom is -0.495 e. The number of aliphatic hydroxyl groups is 1. The van der Waals surface area contributed by atoms with Crippen molar-refractivity contribution in [3.8, 4) is 5.75 Å². The fraction of sp³-hybridized carbons (Fsp3) is 0.250. The Morgan fingerprint density at radius 2 is 2.08 bits per heavy atom. The number of benzene rings is 1. The Morgan fingerprint density at radius 1 is 1.33 bits per heavy atom. The van der Waals surface area contributed by atoms with Crippen molar-refractivity contribution in [1.29, 1.82) is 0 Å². The van der Waals surface area contributed by atoms with Gasteiger partial charge in [-0.2, -0.15) is 0 Å². The molecule has 0 aliphatic carbocycles. The maximum absolute atomic E-state index is 11.9. The number of halogens is 1. The number of carbonyl (C=O) groups excluding carboxylic acids is 2. The van der Waals surface area contributed by atoms with Crippen LogP contribution < -0.4 is 15.4 Å². The van der Waals surface area contributed by atoms with E-state index in [9.17, 15) is 14.7 Å². The summed E-state index contributed by atoms with van der Waals surface area (Å²) in [5, 5.41) is 15.3. The van der Waals surface area contributed by atoms with Crippen LogP contribution in [-0.4, -0.2) is 30.6 Å². The number of hydrogen-bond donors (Lipinski definition) is 3. The molecule has 0 aliphatic rings. The highest BCUT2D eigenvalue weighted by molar-refractivity contribution is 6.40. The number of carbonyl (C=O) groups is 2. The summed E-state index contributed by atoms with van der Waals surface area (Å²) in [6.45, 7) is 1.28. The standard InChI is InChI=1S/C16H17ClN2O5/c1-16(22,13-4-3-7-24-13)9-18-14(20)15(21)19-10-5-6-12(23-2)11(17)8-10/h3-8,22H,9H2,1-2H3,(H,18,20)(H,19,21)/t16-/m1/s1. The van der Waals surface area contributed by atoms with E-state index < -0.39 is 17.4 Å². The maximum Gasteiger partial charge on any atom is 0.313 e. The van der Waals surface area contributed by atoms with Crippen LogP contribution in [0.3, 0.4) is 0 Å². The van der Waals surface area contributed by atoms with Gasteiger partial charge in [-0.15, -0.1) is 0 Å². The zero-order chi connectivity index (χ0) is 17.7. The van der Waals surface area contributed by atoms with E-state index in [-0.39, 0.29) is 12.3 Å². The van der Waals surface area contributed by atoms with Gasteiger partial charge in [0.1, 0.15) is 17.1 Å². The molecule has 0 spiro atoms. The third-order valence-electron chi connectivity index (χ3n) is 3.26. The van der Waals surface area contributed by atoms with Crippen molar-refractivity contribution in [1.82, 2.24) is 5.32 Å². The Bertz CT molecular complexity index is 728. The second-order valence-electron chi connectivity index (χ2n) is 5.24.